The van der Waals surface area contributed by atoms with Gasteiger partial charge >= 0.3 is 0 Å². The van der Waals surface area contributed by atoms with E-state index in [1.54, 1.807) is 13.2 Å². The van der Waals surface area contributed by atoms with E-state index in [1.165, 1.54) is 0 Å². The lowest BCUT2D eigenvalue weighted by Gasteiger charge is -2.12. The minimum Gasteiger partial charge on any atom is -0.492 e. The molecule has 3 rings (SSSR count). The molecule has 0 saturated heterocycles. The summed E-state index contributed by atoms with van der Waals surface area (Å²) in [5.41, 5.74) is 0.956. The van der Waals surface area contributed by atoms with Gasteiger partial charge in [-0.05, 0) is 24.3 Å². The van der Waals surface area contributed by atoms with Gasteiger partial charge in [-0.15, -0.1) is 24.0 Å². The van der Waals surface area contributed by atoms with Crippen LogP contribution in [0.1, 0.15) is 5.69 Å². The lowest BCUT2D eigenvalue weighted by molar-refractivity contribution is 0.173. The average Bonchev–Trinajstić information content (AvgIpc) is 3.10. The van der Waals surface area contributed by atoms with Crippen LogP contribution in [0.15, 0.2) is 47.6 Å². The van der Waals surface area contributed by atoms with E-state index in [1.807, 2.05) is 36.4 Å². The highest BCUT2D eigenvalue weighted by atomic mass is 127. The number of fused-ring (bicyclic) bond motifs is 1. The number of nitrogens with zero attached hydrogens (tertiary/aromatic N) is 2. The molecule has 1 aromatic heterocycles. The molecule has 25 heavy (non-hydrogen) atoms. The predicted molar refractivity (Wildman–Crippen MR) is 106 cm³/mol. The Bertz CT molecular complexity index is 698. The fourth-order valence-electron chi connectivity index (χ4n) is 2.20. The zero-order chi connectivity index (χ0) is 16.6. The maximum absolute atomic E-state index is 5.70. The molecule has 1 aliphatic heterocycles. The van der Waals surface area contributed by atoms with Crippen LogP contribution in [0.5, 0.6) is 17.2 Å². The van der Waals surface area contributed by atoms with Crippen molar-refractivity contribution >= 4 is 29.9 Å². The third-order valence-corrected chi connectivity index (χ3v) is 3.39. The van der Waals surface area contributed by atoms with E-state index in [0.29, 0.717) is 31.4 Å². The summed E-state index contributed by atoms with van der Waals surface area (Å²) in [4.78, 5) is 8.43. The van der Waals surface area contributed by atoms with Gasteiger partial charge in [0.1, 0.15) is 12.4 Å². The molecule has 0 fully saturated rings. The van der Waals surface area contributed by atoms with Gasteiger partial charge in [-0.2, -0.15) is 0 Å². The first kappa shape index (κ1) is 19.1. The molecule has 134 valence electrons. The highest BCUT2D eigenvalue weighted by molar-refractivity contribution is 14.0. The fraction of sp³-hybridized carbons (Fsp3) is 0.294. The van der Waals surface area contributed by atoms with Crippen molar-refractivity contribution in [2.75, 3.05) is 27.0 Å². The third kappa shape index (κ3) is 5.66. The van der Waals surface area contributed by atoms with Crippen molar-refractivity contribution < 1.29 is 14.2 Å². The predicted octanol–water partition coefficient (Wildman–Crippen LogP) is 2.17. The van der Waals surface area contributed by atoms with Crippen molar-refractivity contribution in [2.45, 2.75) is 6.54 Å². The minimum atomic E-state index is 0. The second kappa shape index (κ2) is 9.92. The van der Waals surface area contributed by atoms with Gasteiger partial charge in [0.25, 0.3) is 0 Å². The van der Waals surface area contributed by atoms with Gasteiger partial charge in [0, 0.05) is 19.3 Å². The first-order chi connectivity index (χ1) is 11.8. The lowest BCUT2D eigenvalue weighted by Crippen LogP contribution is -2.39. The molecule has 0 radical (unpaired) electrons. The van der Waals surface area contributed by atoms with Crippen LogP contribution >= 0.6 is 24.0 Å². The van der Waals surface area contributed by atoms with Crippen molar-refractivity contribution in [1.82, 2.24) is 15.6 Å². The number of guanidine groups is 1. The molecule has 8 heteroatoms. The van der Waals surface area contributed by atoms with Gasteiger partial charge in [-0.3, -0.25) is 9.98 Å². The Morgan fingerprint density at radius 3 is 2.88 bits per heavy atom. The Balaban J connectivity index is 0.00000225. The van der Waals surface area contributed by atoms with Gasteiger partial charge in [-0.25, -0.2) is 0 Å². The molecule has 2 N–H and O–H groups in total. The smallest absolute Gasteiger partial charge is 0.231 e. The van der Waals surface area contributed by atoms with Crippen LogP contribution in [0, 0.1) is 0 Å². The average molecular weight is 456 g/mol. The Morgan fingerprint density at radius 1 is 1.20 bits per heavy atom. The second-order valence-electron chi connectivity index (χ2n) is 5.04. The maximum atomic E-state index is 5.70. The first-order valence-corrected chi connectivity index (χ1v) is 7.72. The zero-order valence-corrected chi connectivity index (χ0v) is 16.2. The van der Waals surface area contributed by atoms with Gasteiger partial charge < -0.3 is 24.8 Å². The van der Waals surface area contributed by atoms with Crippen LogP contribution in [-0.4, -0.2) is 37.9 Å². The van der Waals surface area contributed by atoms with E-state index in [0.717, 1.165) is 17.2 Å². The van der Waals surface area contributed by atoms with Crippen molar-refractivity contribution in [1.29, 1.82) is 0 Å². The second-order valence-corrected chi connectivity index (χ2v) is 5.04. The van der Waals surface area contributed by atoms with E-state index in [-0.39, 0.29) is 30.8 Å². The van der Waals surface area contributed by atoms with E-state index in [2.05, 4.69) is 20.6 Å². The summed E-state index contributed by atoms with van der Waals surface area (Å²) < 4.78 is 16.3. The van der Waals surface area contributed by atoms with Gasteiger partial charge in [0.15, 0.2) is 17.5 Å². The van der Waals surface area contributed by atoms with Crippen molar-refractivity contribution in [3.8, 4) is 17.2 Å². The van der Waals surface area contributed by atoms with Crippen LogP contribution < -0.4 is 24.8 Å². The van der Waals surface area contributed by atoms with Crippen LogP contribution in [0.25, 0.3) is 0 Å². The summed E-state index contributed by atoms with van der Waals surface area (Å²) in [7, 11) is 1.73. The Hall–Kier alpha value is -2.23. The Morgan fingerprint density at radius 2 is 2.08 bits per heavy atom. The van der Waals surface area contributed by atoms with E-state index >= 15 is 0 Å². The van der Waals surface area contributed by atoms with E-state index < -0.39 is 0 Å². The molecule has 0 aliphatic carbocycles. The Kier molecular flexibility index (Phi) is 7.58. The number of nitrogens with one attached hydrogen (secondary N) is 2. The summed E-state index contributed by atoms with van der Waals surface area (Å²) in [6.45, 7) is 2.00. The first-order valence-electron chi connectivity index (χ1n) is 7.72. The number of ether oxygens (including phenoxy) is 3. The zero-order valence-electron chi connectivity index (χ0n) is 13.9. The summed E-state index contributed by atoms with van der Waals surface area (Å²) in [5.74, 6) is 2.92. The quantitative estimate of drug-likeness (QED) is 0.301. The molecule has 0 amide bonds. The van der Waals surface area contributed by atoms with Crippen LogP contribution in [-0.2, 0) is 6.54 Å². The van der Waals surface area contributed by atoms with Crippen molar-refractivity contribution in [3.05, 3.63) is 48.3 Å². The van der Waals surface area contributed by atoms with Gasteiger partial charge in [-0.1, -0.05) is 6.07 Å². The highest BCUT2D eigenvalue weighted by Gasteiger charge is 2.13. The highest BCUT2D eigenvalue weighted by Crippen LogP contribution is 2.34. The number of rotatable bonds is 6. The standard InChI is InChI=1S/C17H20N4O3.HI/c1-18-17(21-11-13-4-2-3-7-19-13)20-8-9-22-14-5-6-15-16(10-14)24-12-23-15;/h2-7,10H,8-9,11-12H2,1H3,(H2,18,20,21);1H. The SMILES string of the molecule is CN=C(NCCOc1ccc2c(c1)OCO2)NCc1ccccn1.I. The van der Waals surface area contributed by atoms with Crippen molar-refractivity contribution in [2.24, 2.45) is 4.99 Å². The third-order valence-electron chi connectivity index (χ3n) is 3.39. The van der Waals surface area contributed by atoms with Crippen LogP contribution in [0.4, 0.5) is 0 Å². The topological polar surface area (TPSA) is 77.0 Å². The molecule has 2 aromatic rings. The van der Waals surface area contributed by atoms with Crippen LogP contribution in [0.3, 0.4) is 0 Å². The monoisotopic (exact) mass is 456 g/mol. The molecular formula is C17H21IN4O3. The van der Waals surface area contributed by atoms with Gasteiger partial charge in [0.05, 0.1) is 18.8 Å². The summed E-state index contributed by atoms with van der Waals surface area (Å²) >= 11 is 0. The number of benzene rings is 1. The lowest BCUT2D eigenvalue weighted by atomic mass is 10.3. The normalized spacial score (nSPS) is 12.3. The largest absolute Gasteiger partial charge is 0.492 e. The molecule has 2 heterocycles. The number of pyridine rings is 1. The van der Waals surface area contributed by atoms with Crippen molar-refractivity contribution in [3.63, 3.8) is 0 Å². The van der Waals surface area contributed by atoms with Crippen LogP contribution in [0.2, 0.25) is 0 Å². The molecule has 0 bridgehead atoms. The number of hydrogen-bond donors (Lipinski definition) is 2. The number of halogens is 1. The Labute approximate surface area is 163 Å². The molecule has 7 nitrogen and oxygen atoms in total. The molecule has 0 atom stereocenters. The van der Waals surface area contributed by atoms with E-state index in [4.69, 9.17) is 14.2 Å². The summed E-state index contributed by atoms with van der Waals surface area (Å²) in [6.07, 6.45) is 1.77. The van der Waals surface area contributed by atoms with Gasteiger partial charge in [0.2, 0.25) is 6.79 Å². The molecular weight excluding hydrogens is 435 g/mol. The molecule has 0 unspecified atom stereocenters. The number of aliphatic imine (C=N–C) groups is 1. The molecule has 1 aromatic carbocycles. The molecule has 0 spiro atoms. The maximum Gasteiger partial charge on any atom is 0.231 e. The summed E-state index contributed by atoms with van der Waals surface area (Å²) in [6, 6.07) is 11.4. The number of aromatic nitrogens is 1. The number of hydrogen-bond acceptors (Lipinski definition) is 5. The minimum absolute atomic E-state index is 0. The van der Waals surface area contributed by atoms with E-state index in [9.17, 15) is 0 Å². The fourth-order valence-corrected chi connectivity index (χ4v) is 2.20. The summed E-state index contributed by atoms with van der Waals surface area (Å²) in [5, 5.41) is 6.40. The molecule has 1 aliphatic rings. The molecule has 0 saturated carbocycles.